The molecule has 6 heteroatoms. The second-order valence-corrected chi connectivity index (χ2v) is 10.7. The van der Waals surface area contributed by atoms with Gasteiger partial charge in [-0.05, 0) is 53.8 Å². The van der Waals surface area contributed by atoms with Gasteiger partial charge < -0.3 is 4.90 Å². The summed E-state index contributed by atoms with van der Waals surface area (Å²) in [5, 5.41) is -0.0904. The summed E-state index contributed by atoms with van der Waals surface area (Å²) >= 11 is 5.85. The summed E-state index contributed by atoms with van der Waals surface area (Å²) in [6, 6.07) is 13.8. The molecule has 0 aromatic heterocycles. The van der Waals surface area contributed by atoms with E-state index in [-0.39, 0.29) is 22.8 Å². The van der Waals surface area contributed by atoms with Gasteiger partial charge in [-0.1, -0.05) is 44.5 Å². The van der Waals surface area contributed by atoms with Crippen LogP contribution in [-0.2, 0) is 15.3 Å². The van der Waals surface area contributed by atoms with Gasteiger partial charge in [-0.15, -0.1) is 0 Å². The van der Waals surface area contributed by atoms with Crippen molar-refractivity contribution in [3.8, 4) is 0 Å². The van der Waals surface area contributed by atoms with E-state index in [4.69, 9.17) is 11.6 Å². The van der Waals surface area contributed by atoms with Crippen LogP contribution in [0, 0.1) is 0 Å². The summed E-state index contributed by atoms with van der Waals surface area (Å²) in [6.07, 6.45) is 0.441. The first kappa shape index (κ1) is 19.9. The minimum atomic E-state index is -3.48. The van der Waals surface area contributed by atoms with Crippen LogP contribution in [0.2, 0.25) is 5.02 Å². The monoisotopic (exact) mass is 405 g/mol. The Morgan fingerprint density at radius 1 is 1.04 bits per heavy atom. The van der Waals surface area contributed by atoms with Crippen molar-refractivity contribution in [1.82, 2.24) is 4.90 Å². The Balaban J connectivity index is 1.73. The van der Waals surface area contributed by atoms with Crippen LogP contribution < -0.4 is 0 Å². The molecule has 1 aliphatic heterocycles. The molecule has 4 nitrogen and oxygen atoms in total. The minimum Gasteiger partial charge on any atom is -0.337 e. The molecule has 0 bridgehead atoms. The van der Waals surface area contributed by atoms with Crippen molar-refractivity contribution in [3.05, 3.63) is 64.7 Å². The first-order valence-electron chi connectivity index (χ1n) is 8.98. The lowest BCUT2D eigenvalue weighted by Crippen LogP contribution is -2.32. The molecule has 1 saturated heterocycles. The zero-order valence-corrected chi connectivity index (χ0v) is 17.3. The van der Waals surface area contributed by atoms with E-state index in [1.807, 2.05) is 24.3 Å². The Bertz CT molecular complexity index is 929. The van der Waals surface area contributed by atoms with Gasteiger partial charge in [0.2, 0.25) is 0 Å². The normalized spacial score (nSPS) is 17.9. The number of likely N-dealkylation sites (tertiary alicyclic amines) is 1. The third-order valence-electron chi connectivity index (χ3n) is 5.01. The van der Waals surface area contributed by atoms with Crippen LogP contribution in [0.15, 0.2) is 53.4 Å². The Morgan fingerprint density at radius 2 is 1.63 bits per heavy atom. The SMILES string of the molecule is CC(C)(C)c1ccc(C(=O)N2CCC(S(=O)(=O)c3ccc(Cl)cc3)C2)cc1. The fourth-order valence-corrected chi connectivity index (χ4v) is 5.10. The third kappa shape index (κ3) is 4.19. The van der Waals surface area contributed by atoms with Crippen molar-refractivity contribution in [2.24, 2.45) is 0 Å². The molecule has 1 aliphatic rings. The number of benzene rings is 2. The number of carbonyl (C=O) groups excluding carboxylic acids is 1. The van der Waals surface area contributed by atoms with E-state index in [0.717, 1.165) is 5.56 Å². The smallest absolute Gasteiger partial charge is 0.253 e. The highest BCUT2D eigenvalue weighted by Crippen LogP contribution is 2.27. The Morgan fingerprint density at radius 3 is 2.19 bits per heavy atom. The fourth-order valence-electron chi connectivity index (χ4n) is 3.28. The maximum Gasteiger partial charge on any atom is 0.253 e. The molecule has 1 heterocycles. The summed E-state index contributed by atoms with van der Waals surface area (Å²) in [5.74, 6) is -0.121. The van der Waals surface area contributed by atoms with Gasteiger partial charge in [0.05, 0.1) is 10.1 Å². The fraction of sp³-hybridized carbons (Fsp3) is 0.381. The molecule has 3 rings (SSSR count). The van der Waals surface area contributed by atoms with E-state index in [2.05, 4.69) is 20.8 Å². The predicted octanol–water partition coefficient (Wildman–Crippen LogP) is 4.33. The van der Waals surface area contributed by atoms with Gasteiger partial charge in [0.25, 0.3) is 5.91 Å². The number of halogens is 1. The molecule has 2 aromatic rings. The van der Waals surface area contributed by atoms with Gasteiger partial charge in [0.15, 0.2) is 9.84 Å². The zero-order chi connectivity index (χ0) is 19.8. The van der Waals surface area contributed by atoms with E-state index in [1.165, 1.54) is 12.1 Å². The Hall–Kier alpha value is -1.85. The number of sulfone groups is 1. The standard InChI is InChI=1S/C21H24ClNO3S/c1-21(2,3)16-6-4-15(5-7-16)20(24)23-13-12-19(14-23)27(25,26)18-10-8-17(22)9-11-18/h4-11,19H,12-14H2,1-3H3. The molecule has 2 aromatic carbocycles. The van der Waals surface area contributed by atoms with Crippen molar-refractivity contribution in [2.45, 2.75) is 42.8 Å². The lowest BCUT2D eigenvalue weighted by Gasteiger charge is -2.20. The topological polar surface area (TPSA) is 54.5 Å². The van der Waals surface area contributed by atoms with Gasteiger partial charge in [0, 0.05) is 23.7 Å². The molecular weight excluding hydrogens is 382 g/mol. The molecule has 0 N–H and O–H groups in total. The van der Waals surface area contributed by atoms with Gasteiger partial charge in [-0.25, -0.2) is 8.42 Å². The van der Waals surface area contributed by atoms with E-state index in [9.17, 15) is 13.2 Å². The highest BCUT2D eigenvalue weighted by Gasteiger charge is 2.36. The number of hydrogen-bond acceptors (Lipinski definition) is 3. The average molecular weight is 406 g/mol. The van der Waals surface area contributed by atoms with Crippen LogP contribution in [0.1, 0.15) is 43.1 Å². The Labute approximate surface area is 166 Å². The minimum absolute atomic E-state index is 0.0208. The van der Waals surface area contributed by atoms with Gasteiger partial charge in [-0.2, -0.15) is 0 Å². The molecule has 144 valence electrons. The van der Waals surface area contributed by atoms with Crippen molar-refractivity contribution in [2.75, 3.05) is 13.1 Å². The summed E-state index contributed by atoms with van der Waals surface area (Å²) < 4.78 is 25.6. The van der Waals surface area contributed by atoms with Crippen LogP contribution in [0.5, 0.6) is 0 Å². The molecule has 0 radical (unpaired) electrons. The predicted molar refractivity (Wildman–Crippen MR) is 108 cm³/mol. The third-order valence-corrected chi connectivity index (χ3v) is 7.45. The maximum absolute atomic E-state index is 12.8. The number of hydrogen-bond donors (Lipinski definition) is 0. The summed E-state index contributed by atoms with van der Waals surface area (Å²) in [7, 11) is -3.48. The van der Waals surface area contributed by atoms with Gasteiger partial charge in [0.1, 0.15) is 0 Å². The van der Waals surface area contributed by atoms with Crippen LogP contribution >= 0.6 is 11.6 Å². The lowest BCUT2D eigenvalue weighted by molar-refractivity contribution is 0.0793. The van der Waals surface area contributed by atoms with E-state index >= 15 is 0 Å². The highest BCUT2D eigenvalue weighted by molar-refractivity contribution is 7.92. The quantitative estimate of drug-likeness (QED) is 0.763. The Kier molecular flexibility index (Phi) is 5.37. The average Bonchev–Trinajstić information content (AvgIpc) is 3.12. The van der Waals surface area contributed by atoms with Crippen LogP contribution in [0.4, 0.5) is 0 Å². The zero-order valence-electron chi connectivity index (χ0n) is 15.8. The number of amides is 1. The molecule has 27 heavy (non-hydrogen) atoms. The number of carbonyl (C=O) groups is 1. The molecule has 1 fully saturated rings. The largest absolute Gasteiger partial charge is 0.337 e. The van der Waals surface area contributed by atoms with Crippen molar-refractivity contribution >= 4 is 27.3 Å². The molecule has 1 unspecified atom stereocenters. The maximum atomic E-state index is 12.8. The van der Waals surface area contributed by atoms with E-state index < -0.39 is 15.1 Å². The van der Waals surface area contributed by atoms with Crippen LogP contribution in [0.3, 0.4) is 0 Å². The number of nitrogens with zero attached hydrogens (tertiary/aromatic N) is 1. The van der Waals surface area contributed by atoms with E-state index in [1.54, 1.807) is 17.0 Å². The van der Waals surface area contributed by atoms with Crippen molar-refractivity contribution in [1.29, 1.82) is 0 Å². The molecule has 1 amide bonds. The van der Waals surface area contributed by atoms with Crippen molar-refractivity contribution in [3.63, 3.8) is 0 Å². The first-order valence-corrected chi connectivity index (χ1v) is 10.9. The molecular formula is C21H24ClNO3S. The molecule has 1 atom stereocenters. The molecule has 0 spiro atoms. The second-order valence-electron chi connectivity index (χ2n) is 7.99. The van der Waals surface area contributed by atoms with E-state index in [0.29, 0.717) is 23.6 Å². The molecule has 0 saturated carbocycles. The highest BCUT2D eigenvalue weighted by atomic mass is 35.5. The summed E-state index contributed by atoms with van der Waals surface area (Å²) in [4.78, 5) is 14.7. The van der Waals surface area contributed by atoms with Gasteiger partial charge >= 0.3 is 0 Å². The van der Waals surface area contributed by atoms with Crippen LogP contribution in [0.25, 0.3) is 0 Å². The molecule has 0 aliphatic carbocycles. The lowest BCUT2D eigenvalue weighted by atomic mass is 9.86. The first-order chi connectivity index (χ1) is 12.6. The van der Waals surface area contributed by atoms with Crippen LogP contribution in [-0.4, -0.2) is 37.6 Å². The summed E-state index contributed by atoms with van der Waals surface area (Å²) in [5.41, 5.74) is 1.77. The second kappa shape index (κ2) is 7.28. The number of rotatable bonds is 3. The summed E-state index contributed by atoms with van der Waals surface area (Å²) in [6.45, 7) is 7.02. The van der Waals surface area contributed by atoms with Crippen molar-refractivity contribution < 1.29 is 13.2 Å². The van der Waals surface area contributed by atoms with Gasteiger partial charge in [-0.3, -0.25) is 4.79 Å².